The maximum Gasteiger partial charge on any atom is 0.253 e. The molecule has 0 saturated carbocycles. The van der Waals surface area contributed by atoms with Crippen LogP contribution in [0.1, 0.15) is 23.7 Å². The molecule has 116 valence electrons. The van der Waals surface area contributed by atoms with Crippen molar-refractivity contribution in [2.45, 2.75) is 19.4 Å². The molecule has 1 fully saturated rings. The minimum absolute atomic E-state index is 0.00933. The van der Waals surface area contributed by atoms with Gasteiger partial charge in [-0.25, -0.2) is 0 Å². The fraction of sp³-hybridized carbons (Fsp3) is 0.562. The van der Waals surface area contributed by atoms with Crippen molar-refractivity contribution in [3.05, 3.63) is 23.8 Å². The van der Waals surface area contributed by atoms with E-state index >= 15 is 0 Å². The first kappa shape index (κ1) is 15.6. The number of piperidine rings is 1. The third kappa shape index (κ3) is 3.29. The van der Waals surface area contributed by atoms with Gasteiger partial charge >= 0.3 is 0 Å². The zero-order valence-corrected chi connectivity index (χ0v) is 13.3. The Morgan fingerprint density at radius 3 is 2.76 bits per heavy atom. The second kappa shape index (κ2) is 6.35. The third-order valence-electron chi connectivity index (χ3n) is 4.22. The summed E-state index contributed by atoms with van der Waals surface area (Å²) in [5.41, 5.74) is 8.41. The van der Waals surface area contributed by atoms with Gasteiger partial charge in [0.1, 0.15) is 0 Å². The van der Waals surface area contributed by atoms with E-state index in [4.69, 9.17) is 10.5 Å². The van der Waals surface area contributed by atoms with E-state index in [9.17, 15) is 4.79 Å². The van der Waals surface area contributed by atoms with Crippen molar-refractivity contribution in [2.24, 2.45) is 5.92 Å². The fourth-order valence-electron chi connectivity index (χ4n) is 2.77. The van der Waals surface area contributed by atoms with Crippen molar-refractivity contribution in [1.29, 1.82) is 0 Å². The Kier molecular flexibility index (Phi) is 4.73. The molecule has 2 N–H and O–H groups in total. The normalized spacial score (nSPS) is 22.2. The Morgan fingerprint density at radius 2 is 2.14 bits per heavy atom. The summed E-state index contributed by atoms with van der Waals surface area (Å²) in [7, 11) is 5.25. The largest absolute Gasteiger partial charge is 0.397 e. The van der Waals surface area contributed by atoms with E-state index < -0.39 is 0 Å². The van der Waals surface area contributed by atoms with Crippen LogP contribution in [-0.2, 0) is 4.74 Å². The highest BCUT2D eigenvalue weighted by Crippen LogP contribution is 2.30. The molecule has 2 unspecified atom stereocenters. The monoisotopic (exact) mass is 291 g/mol. The highest BCUT2D eigenvalue weighted by atomic mass is 16.5. The van der Waals surface area contributed by atoms with E-state index in [2.05, 4.69) is 11.8 Å². The number of carbonyl (C=O) groups is 1. The molecule has 5 heteroatoms. The molecular formula is C16H25N3O2. The minimum atomic E-state index is -0.00933. The molecule has 1 aliphatic rings. The number of nitrogens with zero attached hydrogens (tertiary/aromatic N) is 2. The second-order valence-electron chi connectivity index (χ2n) is 5.96. The quantitative estimate of drug-likeness (QED) is 0.863. The molecule has 1 heterocycles. The van der Waals surface area contributed by atoms with Gasteiger partial charge in [0.2, 0.25) is 0 Å². The van der Waals surface area contributed by atoms with Gasteiger partial charge in [0.05, 0.1) is 17.5 Å². The fourth-order valence-corrected chi connectivity index (χ4v) is 2.77. The zero-order chi connectivity index (χ0) is 15.6. The molecule has 1 aromatic rings. The summed E-state index contributed by atoms with van der Waals surface area (Å²) in [4.78, 5) is 15.9. The van der Waals surface area contributed by atoms with Gasteiger partial charge in [-0.05, 0) is 30.5 Å². The van der Waals surface area contributed by atoms with Crippen LogP contribution in [0.2, 0.25) is 0 Å². The van der Waals surface area contributed by atoms with E-state index in [1.54, 1.807) is 32.2 Å². The zero-order valence-electron chi connectivity index (χ0n) is 13.3. The Labute approximate surface area is 126 Å². The molecule has 1 saturated heterocycles. The number of rotatable bonds is 3. The minimum Gasteiger partial charge on any atom is -0.397 e. The lowest BCUT2D eigenvalue weighted by Gasteiger charge is -2.38. The summed E-state index contributed by atoms with van der Waals surface area (Å²) in [5.74, 6) is 0.531. The number of hydrogen-bond donors (Lipinski definition) is 1. The molecule has 0 aromatic heterocycles. The lowest BCUT2D eigenvalue weighted by atomic mass is 9.95. The van der Waals surface area contributed by atoms with Gasteiger partial charge in [0, 0.05) is 39.9 Å². The van der Waals surface area contributed by atoms with E-state index in [-0.39, 0.29) is 12.0 Å². The van der Waals surface area contributed by atoms with Gasteiger partial charge in [0.15, 0.2) is 0 Å². The number of anilines is 2. The summed E-state index contributed by atoms with van der Waals surface area (Å²) < 4.78 is 5.55. The maximum atomic E-state index is 12.1. The van der Waals surface area contributed by atoms with Crippen molar-refractivity contribution in [2.75, 3.05) is 44.9 Å². The SMILES string of the molecule is COC1CN(c2cc(C(=O)N(C)C)ccc2N)CCC1C. The van der Waals surface area contributed by atoms with Crippen LogP contribution >= 0.6 is 0 Å². The average molecular weight is 291 g/mol. The lowest BCUT2D eigenvalue weighted by Crippen LogP contribution is -2.44. The summed E-state index contributed by atoms with van der Waals surface area (Å²) in [6.45, 7) is 3.95. The van der Waals surface area contributed by atoms with Crippen molar-refractivity contribution in [3.8, 4) is 0 Å². The standard InChI is InChI=1S/C16H25N3O2/c1-11-7-8-19(10-15(11)21-4)14-9-12(5-6-13(14)17)16(20)18(2)3/h5-6,9,11,15H,7-8,10,17H2,1-4H3. The van der Waals surface area contributed by atoms with Crippen LogP contribution in [0.5, 0.6) is 0 Å². The average Bonchev–Trinajstić information content (AvgIpc) is 2.47. The van der Waals surface area contributed by atoms with Gasteiger partial charge in [-0.2, -0.15) is 0 Å². The number of ether oxygens (including phenoxy) is 1. The molecule has 21 heavy (non-hydrogen) atoms. The van der Waals surface area contributed by atoms with E-state index in [1.165, 1.54) is 0 Å². The van der Waals surface area contributed by atoms with Crippen LogP contribution in [0.15, 0.2) is 18.2 Å². The second-order valence-corrected chi connectivity index (χ2v) is 5.96. The molecule has 2 rings (SSSR count). The topological polar surface area (TPSA) is 58.8 Å². The van der Waals surface area contributed by atoms with Gasteiger partial charge < -0.3 is 20.3 Å². The smallest absolute Gasteiger partial charge is 0.253 e. The number of nitrogens with two attached hydrogens (primary N) is 1. The van der Waals surface area contributed by atoms with Gasteiger partial charge in [-0.3, -0.25) is 4.79 Å². The van der Waals surface area contributed by atoms with Crippen LogP contribution in [0.25, 0.3) is 0 Å². The van der Waals surface area contributed by atoms with Crippen LogP contribution in [0.4, 0.5) is 11.4 Å². The Balaban J connectivity index is 2.26. The van der Waals surface area contributed by atoms with Crippen LogP contribution < -0.4 is 10.6 Å². The molecule has 1 amide bonds. The van der Waals surface area contributed by atoms with Gasteiger partial charge in [-0.15, -0.1) is 0 Å². The van der Waals surface area contributed by atoms with Crippen molar-refractivity contribution in [1.82, 2.24) is 4.90 Å². The van der Waals surface area contributed by atoms with Crippen LogP contribution in [0.3, 0.4) is 0 Å². The summed E-state index contributed by atoms with van der Waals surface area (Å²) in [6.07, 6.45) is 1.26. The first-order valence-electron chi connectivity index (χ1n) is 7.33. The van der Waals surface area contributed by atoms with Crippen LogP contribution in [0, 0.1) is 5.92 Å². The van der Waals surface area contributed by atoms with Gasteiger partial charge in [0.25, 0.3) is 5.91 Å². The molecule has 0 bridgehead atoms. The van der Waals surface area contributed by atoms with Crippen molar-refractivity contribution >= 4 is 17.3 Å². The molecule has 0 radical (unpaired) electrons. The summed E-state index contributed by atoms with van der Waals surface area (Å²) in [6, 6.07) is 5.48. The number of amides is 1. The van der Waals surface area contributed by atoms with E-state index in [1.807, 2.05) is 12.1 Å². The predicted molar refractivity (Wildman–Crippen MR) is 85.7 cm³/mol. The van der Waals surface area contributed by atoms with E-state index in [0.29, 0.717) is 17.2 Å². The number of hydrogen-bond acceptors (Lipinski definition) is 4. The molecule has 0 aliphatic carbocycles. The molecular weight excluding hydrogens is 266 g/mol. The molecule has 0 spiro atoms. The molecule has 5 nitrogen and oxygen atoms in total. The predicted octanol–water partition coefficient (Wildman–Crippen LogP) is 1.83. The number of methoxy groups -OCH3 is 1. The van der Waals surface area contributed by atoms with Crippen molar-refractivity contribution in [3.63, 3.8) is 0 Å². The first-order chi connectivity index (χ1) is 9.93. The first-order valence-corrected chi connectivity index (χ1v) is 7.33. The Morgan fingerprint density at radius 1 is 1.43 bits per heavy atom. The highest BCUT2D eigenvalue weighted by molar-refractivity contribution is 5.96. The molecule has 1 aromatic carbocycles. The number of carbonyl (C=O) groups excluding carboxylic acids is 1. The number of nitrogen functional groups attached to an aromatic ring is 1. The number of benzene rings is 1. The summed E-state index contributed by atoms with van der Waals surface area (Å²) in [5, 5.41) is 0. The maximum absolute atomic E-state index is 12.1. The van der Waals surface area contributed by atoms with Crippen molar-refractivity contribution < 1.29 is 9.53 Å². The molecule has 1 aliphatic heterocycles. The molecule has 2 atom stereocenters. The highest BCUT2D eigenvalue weighted by Gasteiger charge is 2.27. The Bertz CT molecular complexity index is 516. The van der Waals surface area contributed by atoms with Crippen LogP contribution in [-0.4, -0.2) is 51.2 Å². The Hall–Kier alpha value is -1.75. The van der Waals surface area contributed by atoms with E-state index in [0.717, 1.165) is 25.2 Å². The summed E-state index contributed by atoms with van der Waals surface area (Å²) >= 11 is 0. The lowest BCUT2D eigenvalue weighted by molar-refractivity contribution is 0.0499. The third-order valence-corrected chi connectivity index (χ3v) is 4.22. The van der Waals surface area contributed by atoms with Gasteiger partial charge in [-0.1, -0.05) is 6.92 Å².